The number of amides is 1. The Hall–Kier alpha value is -4.11. The third kappa shape index (κ3) is 4.85. The van der Waals surface area contributed by atoms with Crippen LogP contribution in [0, 0.1) is 17.1 Å². The molecule has 0 bridgehead atoms. The monoisotopic (exact) mass is 589 g/mol. The molecule has 2 aliphatic rings. The maximum Gasteiger partial charge on any atom is 0.408 e. The Morgan fingerprint density at radius 3 is 2.93 bits per heavy atom. The molecule has 2 aromatic carbocycles. The lowest BCUT2D eigenvalue weighted by atomic mass is 9.86. The summed E-state index contributed by atoms with van der Waals surface area (Å²) in [7, 11) is 2.04. The Balaban J connectivity index is 1.55. The summed E-state index contributed by atoms with van der Waals surface area (Å²) in [6.45, 7) is 2.12. The van der Waals surface area contributed by atoms with E-state index >= 15 is 0 Å². The van der Waals surface area contributed by atoms with Crippen LogP contribution in [0.1, 0.15) is 25.0 Å². The van der Waals surface area contributed by atoms with Gasteiger partial charge in [0, 0.05) is 42.8 Å². The number of benzene rings is 2. The van der Waals surface area contributed by atoms with E-state index in [1.165, 1.54) is 11.0 Å². The number of carbonyl (C=O) groups is 1. The molecule has 4 heterocycles. The van der Waals surface area contributed by atoms with Crippen molar-refractivity contribution in [1.82, 2.24) is 30.1 Å². The quantitative estimate of drug-likeness (QED) is 0.326. The molecule has 6 rings (SSSR count). The minimum Gasteiger partial charge on any atom is -0.465 e. The number of hydrogen-bond donors (Lipinski definition) is 2. The molecule has 0 spiro atoms. The lowest BCUT2D eigenvalue weighted by Crippen LogP contribution is -2.61. The highest BCUT2D eigenvalue weighted by molar-refractivity contribution is 6.36. The first kappa shape index (κ1) is 28.0. The molecule has 216 valence electrons. The van der Waals surface area contributed by atoms with Crippen LogP contribution in [-0.4, -0.2) is 81.8 Å². The van der Waals surface area contributed by atoms with Crippen LogP contribution >= 0.6 is 11.6 Å². The van der Waals surface area contributed by atoms with Gasteiger partial charge in [-0.2, -0.15) is 15.2 Å². The van der Waals surface area contributed by atoms with E-state index in [1.54, 1.807) is 18.3 Å². The average molecular weight is 590 g/mol. The van der Waals surface area contributed by atoms with Gasteiger partial charge in [0.25, 0.3) is 0 Å². The summed E-state index contributed by atoms with van der Waals surface area (Å²) in [5.74, 6) is -0.528. The van der Waals surface area contributed by atoms with Crippen LogP contribution in [0.15, 0.2) is 42.6 Å². The van der Waals surface area contributed by atoms with Crippen LogP contribution in [0.4, 0.5) is 9.18 Å². The number of rotatable bonds is 6. The third-order valence-electron chi connectivity index (χ3n) is 8.33. The van der Waals surface area contributed by atoms with Gasteiger partial charge >= 0.3 is 12.1 Å². The standard InChI is InChI=1S/C30H29ClFN7O3/c1-38-12-3-5-20(38)16-42-28-36-23-14-19(21-6-2-4-18-7-8-22(32)25(31)24(18)21)15-35-26(23)27(37-28)30(9-10-33)17-34-11-13-39(30)29(40)41/h2,4,6-8,14-15,20,34H,3,5,9,11-13,16-17H2,1H3,(H,40,41)/t20-,30?/m0/s1. The summed E-state index contributed by atoms with van der Waals surface area (Å²) in [6.07, 6.45) is 2.36. The number of nitrogens with one attached hydrogen (secondary N) is 1. The number of nitriles is 1. The van der Waals surface area contributed by atoms with Gasteiger partial charge in [-0.1, -0.05) is 35.9 Å². The van der Waals surface area contributed by atoms with E-state index in [-0.39, 0.29) is 36.6 Å². The summed E-state index contributed by atoms with van der Waals surface area (Å²) >= 11 is 6.42. The van der Waals surface area contributed by atoms with Crippen LogP contribution in [0.3, 0.4) is 0 Å². The largest absolute Gasteiger partial charge is 0.465 e. The van der Waals surface area contributed by atoms with E-state index in [0.29, 0.717) is 46.4 Å². The third-order valence-corrected chi connectivity index (χ3v) is 8.70. The highest BCUT2D eigenvalue weighted by Gasteiger charge is 2.46. The van der Waals surface area contributed by atoms with E-state index in [9.17, 15) is 19.6 Å². The summed E-state index contributed by atoms with van der Waals surface area (Å²) < 4.78 is 20.6. The SMILES string of the molecule is CN1CCC[C@H]1COc1nc(C2(CC#N)CNCCN2C(=O)O)c2ncc(-c3cccc4ccc(F)c(Cl)c34)cc2n1. The van der Waals surface area contributed by atoms with Gasteiger partial charge in [-0.15, -0.1) is 0 Å². The molecule has 10 nitrogen and oxygen atoms in total. The molecular weight excluding hydrogens is 561 g/mol. The fourth-order valence-corrected chi connectivity index (χ4v) is 6.38. The first-order valence-electron chi connectivity index (χ1n) is 13.8. The van der Waals surface area contributed by atoms with Crippen molar-refractivity contribution >= 4 is 39.5 Å². The van der Waals surface area contributed by atoms with Crippen molar-refractivity contribution in [2.45, 2.75) is 30.8 Å². The van der Waals surface area contributed by atoms with Crippen molar-refractivity contribution in [3.05, 3.63) is 59.1 Å². The number of halogens is 2. The molecule has 2 aromatic heterocycles. The second kappa shape index (κ2) is 11.3. The number of pyridine rings is 1. The molecule has 12 heteroatoms. The minimum atomic E-state index is -1.32. The molecular formula is C30H29ClFN7O3. The normalized spacial score (nSPS) is 21.1. The van der Waals surface area contributed by atoms with Crippen molar-refractivity contribution in [2.24, 2.45) is 0 Å². The molecule has 1 unspecified atom stereocenters. The molecule has 2 atom stereocenters. The molecule has 42 heavy (non-hydrogen) atoms. The topological polar surface area (TPSA) is 128 Å². The number of piperazine rings is 1. The van der Waals surface area contributed by atoms with Gasteiger partial charge in [0.05, 0.1) is 23.0 Å². The summed E-state index contributed by atoms with van der Waals surface area (Å²) in [5.41, 5.74) is 1.05. The predicted octanol–water partition coefficient (Wildman–Crippen LogP) is 4.80. The highest BCUT2D eigenvalue weighted by atomic mass is 35.5. The number of nitrogens with zero attached hydrogens (tertiary/aromatic N) is 6. The van der Waals surface area contributed by atoms with Crippen molar-refractivity contribution in [2.75, 3.05) is 39.8 Å². The molecule has 2 N–H and O–H groups in total. The van der Waals surface area contributed by atoms with Gasteiger partial charge < -0.3 is 20.1 Å². The Kier molecular flexibility index (Phi) is 7.53. The molecule has 0 aliphatic carbocycles. The van der Waals surface area contributed by atoms with Crippen molar-refractivity contribution in [3.63, 3.8) is 0 Å². The van der Waals surface area contributed by atoms with Crippen molar-refractivity contribution < 1.29 is 19.0 Å². The Morgan fingerprint density at radius 2 is 2.17 bits per heavy atom. The fraction of sp³-hybridized carbons (Fsp3) is 0.367. The fourth-order valence-electron chi connectivity index (χ4n) is 6.10. The first-order valence-corrected chi connectivity index (χ1v) is 14.2. The van der Waals surface area contributed by atoms with E-state index < -0.39 is 17.4 Å². The molecule has 1 amide bonds. The Morgan fingerprint density at radius 1 is 1.31 bits per heavy atom. The number of fused-ring (bicyclic) bond motifs is 2. The van der Waals surface area contributed by atoms with Crippen molar-refractivity contribution in [3.8, 4) is 23.2 Å². The number of carboxylic acid groups (broad SMARTS) is 1. The summed E-state index contributed by atoms with van der Waals surface area (Å²) in [6, 6.07) is 12.8. The second-order valence-corrected chi connectivity index (χ2v) is 11.2. The first-order chi connectivity index (χ1) is 20.3. The zero-order chi connectivity index (χ0) is 29.4. The van der Waals surface area contributed by atoms with Gasteiger partial charge in [0.2, 0.25) is 0 Å². The summed E-state index contributed by atoms with van der Waals surface area (Å²) in [5, 5.41) is 24.6. The van der Waals surface area contributed by atoms with Crippen LogP contribution < -0.4 is 10.1 Å². The molecule has 2 aliphatic heterocycles. The molecule has 2 saturated heterocycles. The van der Waals surface area contributed by atoms with E-state index in [0.717, 1.165) is 24.8 Å². The maximum absolute atomic E-state index is 14.5. The zero-order valence-corrected chi connectivity index (χ0v) is 23.7. The van der Waals surface area contributed by atoms with Gasteiger partial charge in [0.1, 0.15) is 29.2 Å². The van der Waals surface area contributed by atoms with Crippen LogP contribution in [0.5, 0.6) is 6.01 Å². The van der Waals surface area contributed by atoms with Crippen LogP contribution in [0.2, 0.25) is 5.02 Å². The van der Waals surface area contributed by atoms with Crippen LogP contribution in [-0.2, 0) is 5.54 Å². The van der Waals surface area contributed by atoms with Crippen molar-refractivity contribution in [1.29, 1.82) is 5.26 Å². The highest BCUT2D eigenvalue weighted by Crippen LogP contribution is 2.39. The average Bonchev–Trinajstić information content (AvgIpc) is 3.41. The molecule has 2 fully saturated rings. The number of hydrogen-bond acceptors (Lipinski definition) is 8. The lowest BCUT2D eigenvalue weighted by molar-refractivity contribution is 0.0544. The van der Waals surface area contributed by atoms with Gasteiger partial charge in [-0.3, -0.25) is 9.88 Å². The number of ether oxygens (including phenoxy) is 1. The van der Waals surface area contributed by atoms with Gasteiger partial charge in [0.15, 0.2) is 0 Å². The second-order valence-electron chi connectivity index (χ2n) is 10.8. The number of likely N-dealkylation sites (tertiary alicyclic amines) is 1. The van der Waals surface area contributed by atoms with E-state index in [2.05, 4.69) is 16.3 Å². The smallest absolute Gasteiger partial charge is 0.408 e. The number of likely N-dealkylation sites (N-methyl/N-ethyl adjacent to an activating group) is 1. The van der Waals surface area contributed by atoms with E-state index in [4.69, 9.17) is 31.3 Å². The van der Waals surface area contributed by atoms with E-state index in [1.807, 2.05) is 25.2 Å². The predicted molar refractivity (Wildman–Crippen MR) is 156 cm³/mol. The number of aromatic nitrogens is 3. The Bertz CT molecular complexity index is 1730. The molecule has 0 saturated carbocycles. The van der Waals surface area contributed by atoms with Gasteiger partial charge in [-0.05, 0) is 49.5 Å². The lowest BCUT2D eigenvalue weighted by Gasteiger charge is -2.44. The zero-order valence-electron chi connectivity index (χ0n) is 23.0. The minimum absolute atomic E-state index is 0.00892. The maximum atomic E-state index is 14.5. The summed E-state index contributed by atoms with van der Waals surface area (Å²) in [4.78, 5) is 30.1. The van der Waals surface area contributed by atoms with Gasteiger partial charge in [-0.25, -0.2) is 9.18 Å². The molecule has 0 radical (unpaired) electrons. The Labute approximate surface area is 246 Å². The van der Waals surface area contributed by atoms with Crippen LogP contribution in [0.25, 0.3) is 32.9 Å². The molecule has 4 aromatic rings.